The van der Waals surface area contributed by atoms with Crippen LogP contribution < -0.4 is 25.3 Å². The van der Waals surface area contributed by atoms with Gasteiger partial charge < -0.3 is 34.8 Å². The first-order chi connectivity index (χ1) is 16.2. The van der Waals surface area contributed by atoms with Gasteiger partial charge in [0.25, 0.3) is 0 Å². The number of methoxy groups -OCH3 is 2. The number of nitrogens with two attached hydrogens (primary N) is 1. The second kappa shape index (κ2) is 12.4. The third-order valence-electron chi connectivity index (χ3n) is 3.96. The number of ether oxygens (including phenoxy) is 3. The standard InChI is InChI=1S/C21H26N4O8S/c1-4-10-32-15-6-5-7-16(12-15)34(28,29)33-18-11-14(23-20(22)25-21(27)31-3)8-9-17(18)24-19(26)13-30-2/h5-9,11-12H,4,10,13H2,1-3H3,(H,24,26)(H3,22,23,25,27). The van der Waals surface area contributed by atoms with E-state index >= 15 is 0 Å². The number of aliphatic imine (C=N–C) groups is 1. The number of hydrogen-bond donors (Lipinski definition) is 3. The predicted octanol–water partition coefficient (Wildman–Crippen LogP) is 2.32. The monoisotopic (exact) mass is 494 g/mol. The van der Waals surface area contributed by atoms with Crippen molar-refractivity contribution >= 4 is 39.5 Å². The van der Waals surface area contributed by atoms with E-state index in [9.17, 15) is 18.0 Å². The topological polar surface area (TPSA) is 168 Å². The zero-order valence-electron chi connectivity index (χ0n) is 18.9. The first-order valence-electron chi connectivity index (χ1n) is 9.97. The molecule has 0 saturated carbocycles. The molecular formula is C21H26N4O8S. The summed E-state index contributed by atoms with van der Waals surface area (Å²) in [6, 6.07) is 9.92. The van der Waals surface area contributed by atoms with Crippen LogP contribution in [0, 0.1) is 0 Å². The molecule has 2 rings (SSSR count). The molecule has 2 amide bonds. The van der Waals surface area contributed by atoms with Crippen LogP contribution >= 0.6 is 0 Å². The highest BCUT2D eigenvalue weighted by molar-refractivity contribution is 7.87. The highest BCUT2D eigenvalue weighted by Crippen LogP contribution is 2.31. The largest absolute Gasteiger partial charge is 0.494 e. The molecule has 0 radical (unpaired) electrons. The normalized spacial score (nSPS) is 11.4. The van der Waals surface area contributed by atoms with Gasteiger partial charge >= 0.3 is 16.2 Å². The summed E-state index contributed by atoms with van der Waals surface area (Å²) in [7, 11) is -1.85. The van der Waals surface area contributed by atoms with E-state index in [0.29, 0.717) is 12.4 Å². The van der Waals surface area contributed by atoms with Gasteiger partial charge in [0.05, 0.1) is 19.4 Å². The third kappa shape index (κ3) is 7.94. The Kier molecular flexibility index (Phi) is 9.64. The van der Waals surface area contributed by atoms with Crippen LogP contribution in [0.5, 0.6) is 11.5 Å². The lowest BCUT2D eigenvalue weighted by atomic mass is 10.2. The molecule has 2 aromatic rings. The summed E-state index contributed by atoms with van der Waals surface area (Å²) in [6.07, 6.45) is -0.182. The second-order valence-corrected chi connectivity index (χ2v) is 8.19. The predicted molar refractivity (Wildman–Crippen MR) is 125 cm³/mol. The van der Waals surface area contributed by atoms with Crippen molar-refractivity contribution < 1.29 is 36.4 Å². The number of benzene rings is 2. The summed E-state index contributed by atoms with van der Waals surface area (Å²) in [5.41, 5.74) is 5.92. The minimum absolute atomic E-state index is 0.0537. The zero-order chi connectivity index (χ0) is 25.1. The maximum atomic E-state index is 13.0. The molecule has 2 aromatic carbocycles. The fraction of sp³-hybridized carbons (Fsp3) is 0.286. The zero-order valence-corrected chi connectivity index (χ0v) is 19.7. The molecule has 13 heteroatoms. The quantitative estimate of drug-likeness (QED) is 0.253. The van der Waals surface area contributed by atoms with Crippen molar-refractivity contribution in [2.75, 3.05) is 38.1 Å². The Morgan fingerprint density at radius 2 is 1.85 bits per heavy atom. The lowest BCUT2D eigenvalue weighted by Crippen LogP contribution is -2.24. The van der Waals surface area contributed by atoms with E-state index in [0.717, 1.165) is 13.5 Å². The van der Waals surface area contributed by atoms with Gasteiger partial charge in [-0.3, -0.25) is 4.79 Å². The van der Waals surface area contributed by atoms with Gasteiger partial charge in [0, 0.05) is 24.9 Å². The maximum Gasteiger partial charge on any atom is 0.436 e. The molecule has 0 aliphatic carbocycles. The number of amides is 2. The third-order valence-corrected chi connectivity index (χ3v) is 5.19. The smallest absolute Gasteiger partial charge is 0.436 e. The van der Waals surface area contributed by atoms with E-state index in [2.05, 4.69) is 20.4 Å². The summed E-state index contributed by atoms with van der Waals surface area (Å²) >= 11 is 0. The Bertz CT molecular complexity index is 1150. The van der Waals surface area contributed by atoms with E-state index in [4.69, 9.17) is 19.4 Å². The summed E-state index contributed by atoms with van der Waals surface area (Å²) in [5, 5.41) is 5.11. The van der Waals surface area contributed by atoms with E-state index in [1.54, 1.807) is 6.07 Å². The number of carbonyl (C=O) groups is 2. The number of nitrogens with zero attached hydrogens (tertiary/aromatic N) is 1. The molecule has 0 aromatic heterocycles. The van der Waals surface area contributed by atoms with Gasteiger partial charge in [-0.05, 0) is 30.7 Å². The number of carbonyl (C=O) groups excluding carboxylic acids is 2. The number of anilines is 2. The molecule has 0 heterocycles. The first kappa shape index (κ1) is 26.4. The molecule has 4 N–H and O–H groups in total. The summed E-state index contributed by atoms with van der Waals surface area (Å²) in [5.74, 6) is -0.702. The molecule has 0 saturated heterocycles. The van der Waals surface area contributed by atoms with Gasteiger partial charge in [0.1, 0.15) is 17.3 Å². The van der Waals surface area contributed by atoms with Crippen molar-refractivity contribution in [3.8, 4) is 11.5 Å². The van der Waals surface area contributed by atoms with Gasteiger partial charge in [-0.2, -0.15) is 8.42 Å². The number of guanidine groups is 1. The van der Waals surface area contributed by atoms with Crippen LogP contribution in [0.15, 0.2) is 52.4 Å². The van der Waals surface area contributed by atoms with E-state index in [1.807, 2.05) is 6.92 Å². The Morgan fingerprint density at radius 1 is 1.09 bits per heavy atom. The summed E-state index contributed by atoms with van der Waals surface area (Å²) in [6.45, 7) is 2.08. The lowest BCUT2D eigenvalue weighted by molar-refractivity contribution is -0.119. The Morgan fingerprint density at radius 3 is 2.53 bits per heavy atom. The number of rotatable bonds is 10. The molecule has 0 aliphatic heterocycles. The summed E-state index contributed by atoms with van der Waals surface area (Å²) < 4.78 is 45.9. The highest BCUT2D eigenvalue weighted by Gasteiger charge is 2.21. The molecule has 184 valence electrons. The molecule has 0 bridgehead atoms. The Labute approximate surface area is 197 Å². The minimum atomic E-state index is -4.33. The van der Waals surface area contributed by atoms with Crippen molar-refractivity contribution in [2.24, 2.45) is 10.7 Å². The van der Waals surface area contributed by atoms with Crippen molar-refractivity contribution in [1.29, 1.82) is 0 Å². The van der Waals surface area contributed by atoms with Gasteiger partial charge in [-0.1, -0.05) is 13.0 Å². The lowest BCUT2D eigenvalue weighted by Gasteiger charge is -2.15. The van der Waals surface area contributed by atoms with Crippen LogP contribution in [0.4, 0.5) is 16.2 Å². The number of nitrogens with one attached hydrogen (secondary N) is 2. The van der Waals surface area contributed by atoms with Crippen molar-refractivity contribution in [3.63, 3.8) is 0 Å². The molecule has 12 nitrogen and oxygen atoms in total. The average molecular weight is 495 g/mol. The maximum absolute atomic E-state index is 13.0. The fourth-order valence-corrected chi connectivity index (χ4v) is 3.49. The van der Waals surface area contributed by atoms with Crippen molar-refractivity contribution in [1.82, 2.24) is 0 Å². The Balaban J connectivity index is 2.39. The molecule has 0 fully saturated rings. The van der Waals surface area contributed by atoms with Gasteiger partial charge in [-0.25, -0.2) is 4.79 Å². The van der Waals surface area contributed by atoms with E-state index < -0.39 is 22.1 Å². The molecule has 0 atom stereocenters. The van der Waals surface area contributed by atoms with Crippen LogP contribution in [0.2, 0.25) is 0 Å². The van der Waals surface area contributed by atoms with E-state index in [-0.39, 0.29) is 34.6 Å². The molecule has 34 heavy (non-hydrogen) atoms. The Hall–Kier alpha value is -3.84. The summed E-state index contributed by atoms with van der Waals surface area (Å²) in [4.78, 5) is 26.5. The minimum Gasteiger partial charge on any atom is -0.494 e. The van der Waals surface area contributed by atoms with Crippen LogP contribution in [-0.4, -0.2) is 53.8 Å². The van der Waals surface area contributed by atoms with Crippen LogP contribution in [-0.2, 0) is 24.4 Å². The van der Waals surface area contributed by atoms with Crippen LogP contribution in [0.25, 0.3) is 0 Å². The highest BCUT2D eigenvalue weighted by atomic mass is 32.2. The van der Waals surface area contributed by atoms with E-state index in [1.165, 1.54) is 43.5 Å². The van der Waals surface area contributed by atoms with Gasteiger partial charge in [-0.15, -0.1) is 4.99 Å². The van der Waals surface area contributed by atoms with Crippen molar-refractivity contribution in [3.05, 3.63) is 42.5 Å². The second-order valence-electron chi connectivity index (χ2n) is 6.64. The SMILES string of the molecule is CCCOc1cccc(S(=O)(=O)Oc2cc(NC(N)=NC(=O)OC)ccc2NC(=O)COC)c1. The fourth-order valence-electron chi connectivity index (χ4n) is 2.52. The molecule has 0 spiro atoms. The molecule has 0 aliphatic rings. The van der Waals surface area contributed by atoms with Crippen LogP contribution in [0.3, 0.4) is 0 Å². The molecular weight excluding hydrogens is 468 g/mol. The average Bonchev–Trinajstić information content (AvgIpc) is 2.79. The van der Waals surface area contributed by atoms with Crippen molar-refractivity contribution in [2.45, 2.75) is 18.2 Å². The van der Waals surface area contributed by atoms with Crippen LogP contribution in [0.1, 0.15) is 13.3 Å². The number of hydrogen-bond acceptors (Lipinski definition) is 8. The molecule has 0 unspecified atom stereocenters. The van der Waals surface area contributed by atoms with Gasteiger partial charge in [0.2, 0.25) is 11.9 Å². The first-order valence-corrected chi connectivity index (χ1v) is 11.4. The van der Waals surface area contributed by atoms with Gasteiger partial charge in [0.15, 0.2) is 5.75 Å².